The number of halogens is 1. The fourth-order valence-electron chi connectivity index (χ4n) is 3.32. The first-order chi connectivity index (χ1) is 13.4. The molecule has 0 fully saturated rings. The number of nitro benzene ring substituents is 1. The number of carbonyl (C=O) groups excluding carboxylic acids is 1. The Balaban J connectivity index is 2.07. The Morgan fingerprint density at radius 3 is 2.64 bits per heavy atom. The normalized spacial score (nSPS) is 10.9. The molecule has 0 aliphatic carbocycles. The van der Waals surface area contributed by atoms with Crippen LogP contribution in [-0.4, -0.2) is 22.0 Å². The summed E-state index contributed by atoms with van der Waals surface area (Å²) in [5.41, 5.74) is 1.99. The standard InChI is InChI=1S/C20H20ClN3O4/c1-4-23-17-9-7-14(28-5-2)11-15(17)12(3)19(23)20(25)22-16-8-6-13(21)10-18(16)24(26)27/h6-11H,4-5H2,1-3H3,(H,22,25). The molecule has 0 unspecified atom stereocenters. The predicted octanol–water partition coefficient (Wildman–Crippen LogP) is 5.18. The van der Waals surface area contributed by atoms with Crippen molar-refractivity contribution in [2.45, 2.75) is 27.3 Å². The van der Waals surface area contributed by atoms with Crippen molar-refractivity contribution in [3.05, 3.63) is 62.8 Å². The van der Waals surface area contributed by atoms with E-state index in [4.69, 9.17) is 16.3 Å². The third kappa shape index (κ3) is 3.53. The van der Waals surface area contributed by atoms with Gasteiger partial charge in [0.2, 0.25) is 0 Å². The Bertz CT molecular complexity index is 1070. The van der Waals surface area contributed by atoms with Gasteiger partial charge in [-0.3, -0.25) is 14.9 Å². The van der Waals surface area contributed by atoms with Gasteiger partial charge in [0.25, 0.3) is 11.6 Å². The van der Waals surface area contributed by atoms with Gasteiger partial charge in [-0.2, -0.15) is 0 Å². The van der Waals surface area contributed by atoms with Crippen molar-refractivity contribution in [1.29, 1.82) is 0 Å². The van der Waals surface area contributed by atoms with Crippen molar-refractivity contribution in [3.8, 4) is 5.75 Å². The molecular weight excluding hydrogens is 382 g/mol. The number of benzene rings is 2. The minimum atomic E-state index is -0.571. The molecule has 8 heteroatoms. The van der Waals surface area contributed by atoms with Crippen molar-refractivity contribution >= 4 is 39.8 Å². The maximum atomic E-state index is 13.0. The van der Waals surface area contributed by atoms with Crippen LogP contribution in [0.25, 0.3) is 10.9 Å². The topological polar surface area (TPSA) is 86.4 Å². The molecule has 3 aromatic rings. The fraction of sp³-hybridized carbons (Fsp3) is 0.250. The van der Waals surface area contributed by atoms with E-state index in [1.165, 1.54) is 18.2 Å². The van der Waals surface area contributed by atoms with Crippen molar-refractivity contribution in [1.82, 2.24) is 4.57 Å². The molecule has 1 N–H and O–H groups in total. The maximum Gasteiger partial charge on any atom is 0.294 e. The van der Waals surface area contributed by atoms with E-state index in [1.54, 1.807) is 0 Å². The molecule has 0 saturated carbocycles. The second kappa shape index (κ2) is 7.90. The van der Waals surface area contributed by atoms with Crippen LogP contribution in [0.15, 0.2) is 36.4 Å². The zero-order valence-electron chi connectivity index (χ0n) is 15.8. The number of nitrogens with one attached hydrogen (secondary N) is 1. The molecule has 7 nitrogen and oxygen atoms in total. The second-order valence-corrected chi connectivity index (χ2v) is 6.64. The number of ether oxygens (including phenoxy) is 1. The van der Waals surface area contributed by atoms with Gasteiger partial charge in [-0.1, -0.05) is 11.6 Å². The molecule has 0 saturated heterocycles. The highest BCUT2D eigenvalue weighted by Crippen LogP contribution is 2.32. The third-order valence-electron chi connectivity index (χ3n) is 4.53. The van der Waals surface area contributed by atoms with E-state index in [0.717, 1.165) is 22.2 Å². The monoisotopic (exact) mass is 401 g/mol. The summed E-state index contributed by atoms with van der Waals surface area (Å²) >= 11 is 5.85. The molecule has 0 spiro atoms. The quantitative estimate of drug-likeness (QED) is 0.455. The molecule has 146 valence electrons. The van der Waals surface area contributed by atoms with E-state index < -0.39 is 10.8 Å². The lowest BCUT2D eigenvalue weighted by atomic mass is 10.1. The molecule has 1 heterocycles. The Hall–Kier alpha value is -3.06. The summed E-state index contributed by atoms with van der Waals surface area (Å²) < 4.78 is 7.45. The van der Waals surface area contributed by atoms with Crippen LogP contribution in [0.3, 0.4) is 0 Å². The lowest BCUT2D eigenvalue weighted by Gasteiger charge is -2.10. The Morgan fingerprint density at radius 1 is 1.25 bits per heavy atom. The Labute approximate surface area is 167 Å². The Kier molecular flexibility index (Phi) is 5.56. The zero-order valence-corrected chi connectivity index (χ0v) is 16.5. The van der Waals surface area contributed by atoms with Crippen LogP contribution in [0.1, 0.15) is 29.9 Å². The van der Waals surface area contributed by atoms with E-state index >= 15 is 0 Å². The number of nitro groups is 1. The highest BCUT2D eigenvalue weighted by Gasteiger charge is 2.23. The maximum absolute atomic E-state index is 13.0. The highest BCUT2D eigenvalue weighted by atomic mass is 35.5. The molecule has 2 aromatic carbocycles. The summed E-state index contributed by atoms with van der Waals surface area (Å²) in [6.45, 7) is 6.83. The number of hydrogen-bond donors (Lipinski definition) is 1. The minimum Gasteiger partial charge on any atom is -0.494 e. The molecule has 1 amide bonds. The van der Waals surface area contributed by atoms with Gasteiger partial charge >= 0.3 is 0 Å². The van der Waals surface area contributed by atoms with Gasteiger partial charge < -0.3 is 14.6 Å². The first-order valence-corrected chi connectivity index (χ1v) is 9.26. The van der Waals surface area contributed by atoms with Gasteiger partial charge in [-0.25, -0.2) is 0 Å². The lowest BCUT2D eigenvalue weighted by Crippen LogP contribution is -2.18. The lowest BCUT2D eigenvalue weighted by molar-refractivity contribution is -0.383. The van der Waals surface area contributed by atoms with Crippen LogP contribution in [0.4, 0.5) is 11.4 Å². The fourth-order valence-corrected chi connectivity index (χ4v) is 3.49. The first-order valence-electron chi connectivity index (χ1n) is 8.88. The minimum absolute atomic E-state index is 0.0988. The van der Waals surface area contributed by atoms with Crippen molar-refractivity contribution in [2.75, 3.05) is 11.9 Å². The van der Waals surface area contributed by atoms with Crippen LogP contribution in [-0.2, 0) is 6.54 Å². The molecule has 0 bridgehead atoms. The zero-order chi connectivity index (χ0) is 20.4. The summed E-state index contributed by atoms with van der Waals surface area (Å²) in [4.78, 5) is 23.8. The van der Waals surface area contributed by atoms with Gasteiger partial charge in [0.15, 0.2) is 0 Å². The summed E-state index contributed by atoms with van der Waals surface area (Å²) in [7, 11) is 0. The molecule has 0 aliphatic rings. The van der Waals surface area contributed by atoms with Crippen molar-refractivity contribution in [2.24, 2.45) is 0 Å². The smallest absolute Gasteiger partial charge is 0.294 e. The Morgan fingerprint density at radius 2 is 2.00 bits per heavy atom. The molecule has 0 aliphatic heterocycles. The van der Waals surface area contributed by atoms with Gasteiger partial charge in [0.1, 0.15) is 17.1 Å². The van der Waals surface area contributed by atoms with E-state index in [2.05, 4.69) is 5.32 Å². The SMILES string of the molecule is CCOc1ccc2c(c1)c(C)c(C(=O)Nc1ccc(Cl)cc1[N+](=O)[O-])n2CC. The van der Waals surface area contributed by atoms with Crippen LogP contribution in [0, 0.1) is 17.0 Å². The highest BCUT2D eigenvalue weighted by molar-refractivity contribution is 6.31. The number of aryl methyl sites for hydroxylation is 2. The summed E-state index contributed by atoms with van der Waals surface area (Å²) in [6.07, 6.45) is 0. The summed E-state index contributed by atoms with van der Waals surface area (Å²) in [5, 5.41) is 15.1. The number of nitrogens with zero attached hydrogens (tertiary/aromatic N) is 2. The number of rotatable bonds is 6. The summed E-state index contributed by atoms with van der Waals surface area (Å²) in [5.74, 6) is 0.311. The molecule has 28 heavy (non-hydrogen) atoms. The summed E-state index contributed by atoms with van der Waals surface area (Å²) in [6, 6.07) is 9.83. The van der Waals surface area contributed by atoms with Gasteiger partial charge in [-0.05, 0) is 56.7 Å². The van der Waals surface area contributed by atoms with Crippen LogP contribution < -0.4 is 10.1 Å². The predicted molar refractivity (Wildman–Crippen MR) is 110 cm³/mol. The van der Waals surface area contributed by atoms with Crippen LogP contribution >= 0.6 is 11.6 Å². The van der Waals surface area contributed by atoms with Crippen molar-refractivity contribution in [3.63, 3.8) is 0 Å². The number of amides is 1. The van der Waals surface area contributed by atoms with E-state index in [1.807, 2.05) is 43.5 Å². The van der Waals surface area contributed by atoms with Crippen LogP contribution in [0.5, 0.6) is 5.75 Å². The number of hydrogen-bond acceptors (Lipinski definition) is 4. The van der Waals surface area contributed by atoms with E-state index in [9.17, 15) is 14.9 Å². The third-order valence-corrected chi connectivity index (χ3v) is 4.77. The number of anilines is 1. The van der Waals surface area contributed by atoms with Gasteiger partial charge in [0.05, 0.1) is 11.5 Å². The molecule has 1 aromatic heterocycles. The largest absolute Gasteiger partial charge is 0.494 e. The average molecular weight is 402 g/mol. The second-order valence-electron chi connectivity index (χ2n) is 6.20. The van der Waals surface area contributed by atoms with E-state index in [-0.39, 0.29) is 16.4 Å². The molecule has 0 radical (unpaired) electrons. The van der Waals surface area contributed by atoms with Gasteiger partial charge in [-0.15, -0.1) is 0 Å². The number of aromatic nitrogens is 1. The molecule has 0 atom stereocenters. The van der Waals surface area contributed by atoms with Crippen LogP contribution in [0.2, 0.25) is 5.02 Å². The number of fused-ring (bicyclic) bond motifs is 1. The first kappa shape index (κ1) is 19.7. The van der Waals surface area contributed by atoms with Crippen molar-refractivity contribution < 1.29 is 14.5 Å². The van der Waals surface area contributed by atoms with E-state index in [0.29, 0.717) is 18.8 Å². The molecule has 3 rings (SSSR count). The molecular formula is C20H20ClN3O4. The average Bonchev–Trinajstić information content (AvgIpc) is 2.95. The van der Waals surface area contributed by atoms with Gasteiger partial charge in [0, 0.05) is 28.5 Å². The number of carbonyl (C=O) groups is 1.